The van der Waals surface area contributed by atoms with Crippen LogP contribution in [0.15, 0.2) is 66.7 Å². The fraction of sp³-hybridized carbons (Fsp3) is 0.200. The van der Waals surface area contributed by atoms with Gasteiger partial charge >= 0.3 is 0 Å². The van der Waals surface area contributed by atoms with Gasteiger partial charge in [0.05, 0.1) is 5.69 Å². The Morgan fingerprint density at radius 2 is 1.56 bits per heavy atom. The maximum Gasteiger partial charge on any atom is 0.273 e. The quantitative estimate of drug-likeness (QED) is 0.272. The van der Waals surface area contributed by atoms with E-state index in [4.69, 9.17) is 11.5 Å². The molecule has 0 spiro atoms. The number of aryl methyl sites for hydroxylation is 2. The summed E-state index contributed by atoms with van der Waals surface area (Å²) < 4.78 is 17.4. The zero-order chi connectivity index (χ0) is 29.8. The standard InChI is InChI=1S/C30H31FN6O3S/c1-17-13-18(2)15-23(14-17)37(30(40)27-24(32)25(28(33)38)35-41-27)26(20-7-11-22(12-8-20)36(3)4)29(39)34-16-19-5-9-21(31)10-6-19/h5-15,26H,16,32H2,1-4H3,(H2,33,38)(H,34,39)/t26-/m0/s1. The number of carbonyl (C=O) groups excluding carboxylic acids is 3. The second kappa shape index (κ2) is 12.2. The fourth-order valence-electron chi connectivity index (χ4n) is 4.47. The fourth-order valence-corrected chi connectivity index (χ4v) is 5.21. The number of aromatic nitrogens is 1. The summed E-state index contributed by atoms with van der Waals surface area (Å²) in [6, 6.07) is 17.5. The van der Waals surface area contributed by atoms with Crippen LogP contribution >= 0.6 is 11.5 Å². The molecule has 1 aromatic heterocycles. The van der Waals surface area contributed by atoms with Gasteiger partial charge in [0.15, 0.2) is 5.69 Å². The molecule has 0 radical (unpaired) electrons. The van der Waals surface area contributed by atoms with Crippen molar-refractivity contribution in [3.63, 3.8) is 0 Å². The third-order valence-corrected chi connectivity index (χ3v) is 7.32. The number of nitrogens with two attached hydrogens (primary N) is 2. The van der Waals surface area contributed by atoms with E-state index in [1.165, 1.54) is 17.0 Å². The summed E-state index contributed by atoms with van der Waals surface area (Å²) in [7, 11) is 3.80. The Bertz CT molecular complexity index is 1560. The molecule has 0 aliphatic rings. The highest BCUT2D eigenvalue weighted by Crippen LogP contribution is 2.34. The predicted molar refractivity (Wildman–Crippen MR) is 160 cm³/mol. The zero-order valence-electron chi connectivity index (χ0n) is 23.1. The Labute approximate surface area is 241 Å². The molecule has 3 amide bonds. The number of hydrogen-bond donors (Lipinski definition) is 3. The molecule has 0 saturated carbocycles. The third kappa shape index (κ3) is 6.52. The minimum absolute atomic E-state index is 0.0146. The summed E-state index contributed by atoms with van der Waals surface area (Å²) in [6.07, 6.45) is 0. The van der Waals surface area contributed by atoms with Crippen LogP contribution in [-0.2, 0) is 11.3 Å². The first kappa shape index (κ1) is 29.2. The van der Waals surface area contributed by atoms with Gasteiger partial charge in [-0.2, -0.15) is 4.37 Å². The van der Waals surface area contributed by atoms with E-state index in [2.05, 4.69) is 9.69 Å². The summed E-state index contributed by atoms with van der Waals surface area (Å²) in [5.74, 6) is -2.33. The van der Waals surface area contributed by atoms with Crippen molar-refractivity contribution in [3.05, 3.63) is 105 Å². The van der Waals surface area contributed by atoms with E-state index in [1.807, 2.05) is 51.0 Å². The molecule has 0 aliphatic heterocycles. The second-order valence-electron chi connectivity index (χ2n) is 9.89. The molecule has 4 rings (SSSR count). The van der Waals surface area contributed by atoms with E-state index in [-0.39, 0.29) is 28.6 Å². The number of primary amides is 1. The lowest BCUT2D eigenvalue weighted by Crippen LogP contribution is -2.44. The number of rotatable bonds is 9. The molecule has 1 atom stereocenters. The van der Waals surface area contributed by atoms with Crippen LogP contribution in [0.4, 0.5) is 21.5 Å². The van der Waals surface area contributed by atoms with Gasteiger partial charge in [-0.15, -0.1) is 0 Å². The summed E-state index contributed by atoms with van der Waals surface area (Å²) in [5.41, 5.74) is 15.6. The maximum atomic E-state index is 14.3. The number of carbonyl (C=O) groups is 3. The topological polar surface area (TPSA) is 135 Å². The Morgan fingerprint density at radius 1 is 0.951 bits per heavy atom. The van der Waals surface area contributed by atoms with E-state index in [0.29, 0.717) is 16.8 Å². The first-order valence-electron chi connectivity index (χ1n) is 12.7. The predicted octanol–water partition coefficient (Wildman–Crippen LogP) is 4.35. The van der Waals surface area contributed by atoms with Crippen LogP contribution in [0.5, 0.6) is 0 Å². The van der Waals surface area contributed by atoms with Crippen LogP contribution in [0, 0.1) is 19.7 Å². The monoisotopic (exact) mass is 574 g/mol. The van der Waals surface area contributed by atoms with Crippen molar-refractivity contribution < 1.29 is 18.8 Å². The Hall–Kier alpha value is -4.77. The molecule has 1 heterocycles. The summed E-state index contributed by atoms with van der Waals surface area (Å²) in [6.45, 7) is 3.89. The first-order chi connectivity index (χ1) is 19.5. The average Bonchev–Trinajstić information content (AvgIpc) is 3.31. The highest BCUT2D eigenvalue weighted by Gasteiger charge is 2.36. The van der Waals surface area contributed by atoms with E-state index < -0.39 is 23.8 Å². The molecule has 0 bridgehead atoms. The van der Waals surface area contributed by atoms with Crippen molar-refractivity contribution in [2.45, 2.75) is 26.4 Å². The summed E-state index contributed by atoms with van der Waals surface area (Å²) in [4.78, 5) is 43.4. The van der Waals surface area contributed by atoms with Gasteiger partial charge < -0.3 is 21.7 Å². The van der Waals surface area contributed by atoms with Gasteiger partial charge in [0.2, 0.25) is 5.91 Å². The van der Waals surface area contributed by atoms with Gasteiger partial charge in [0, 0.05) is 32.0 Å². The molecule has 0 saturated heterocycles. The largest absolute Gasteiger partial charge is 0.395 e. The minimum atomic E-state index is -1.14. The van der Waals surface area contributed by atoms with Crippen molar-refractivity contribution in [1.29, 1.82) is 0 Å². The molecule has 0 unspecified atom stereocenters. The molecule has 212 valence electrons. The van der Waals surface area contributed by atoms with Crippen LogP contribution in [0.25, 0.3) is 0 Å². The number of nitrogens with zero attached hydrogens (tertiary/aromatic N) is 3. The zero-order valence-corrected chi connectivity index (χ0v) is 24.0. The number of nitrogen functional groups attached to an aromatic ring is 1. The molecule has 11 heteroatoms. The molecule has 0 aliphatic carbocycles. The number of anilines is 3. The lowest BCUT2D eigenvalue weighted by Gasteiger charge is -2.32. The third-order valence-electron chi connectivity index (χ3n) is 6.47. The van der Waals surface area contributed by atoms with Crippen molar-refractivity contribution in [2.24, 2.45) is 5.73 Å². The van der Waals surface area contributed by atoms with Gasteiger partial charge in [0.1, 0.15) is 16.7 Å². The van der Waals surface area contributed by atoms with Crippen molar-refractivity contribution in [2.75, 3.05) is 29.6 Å². The average molecular weight is 575 g/mol. The lowest BCUT2D eigenvalue weighted by molar-refractivity contribution is -0.122. The highest BCUT2D eigenvalue weighted by atomic mass is 32.1. The van der Waals surface area contributed by atoms with Gasteiger partial charge in [-0.3, -0.25) is 19.3 Å². The van der Waals surface area contributed by atoms with Crippen molar-refractivity contribution in [1.82, 2.24) is 9.69 Å². The van der Waals surface area contributed by atoms with Crippen molar-refractivity contribution >= 4 is 46.3 Å². The molecule has 3 aromatic carbocycles. The molecule has 0 fully saturated rings. The number of hydrogen-bond acceptors (Lipinski definition) is 7. The molecule has 41 heavy (non-hydrogen) atoms. The van der Waals surface area contributed by atoms with Crippen LogP contribution < -0.4 is 26.6 Å². The lowest BCUT2D eigenvalue weighted by atomic mass is 10.0. The Morgan fingerprint density at radius 3 is 2.10 bits per heavy atom. The number of halogens is 1. The summed E-state index contributed by atoms with van der Waals surface area (Å²) in [5, 5.41) is 2.89. The van der Waals surface area contributed by atoms with Crippen LogP contribution in [0.1, 0.15) is 48.5 Å². The van der Waals surface area contributed by atoms with Crippen LogP contribution in [0.3, 0.4) is 0 Å². The Kier molecular flexibility index (Phi) is 8.68. The molecular formula is C30H31FN6O3S. The molecule has 4 aromatic rings. The summed E-state index contributed by atoms with van der Waals surface area (Å²) >= 11 is 0.745. The van der Waals surface area contributed by atoms with E-state index >= 15 is 0 Å². The normalized spacial score (nSPS) is 11.5. The number of benzene rings is 3. The maximum absolute atomic E-state index is 14.3. The number of nitrogens with one attached hydrogen (secondary N) is 1. The van der Waals surface area contributed by atoms with E-state index in [0.717, 1.165) is 28.3 Å². The van der Waals surface area contributed by atoms with Gasteiger partial charge in [-0.25, -0.2) is 4.39 Å². The van der Waals surface area contributed by atoms with E-state index in [9.17, 15) is 18.8 Å². The minimum Gasteiger partial charge on any atom is -0.395 e. The first-order valence-corrected chi connectivity index (χ1v) is 13.5. The van der Waals surface area contributed by atoms with Crippen LogP contribution in [-0.4, -0.2) is 36.2 Å². The molecular weight excluding hydrogens is 543 g/mol. The molecule has 5 N–H and O–H groups in total. The van der Waals surface area contributed by atoms with Gasteiger partial charge in [-0.05, 0) is 84.0 Å². The van der Waals surface area contributed by atoms with Crippen molar-refractivity contribution in [3.8, 4) is 0 Å². The Balaban J connectivity index is 1.86. The van der Waals surface area contributed by atoms with Gasteiger partial charge in [0.25, 0.3) is 11.8 Å². The van der Waals surface area contributed by atoms with Crippen LogP contribution in [0.2, 0.25) is 0 Å². The van der Waals surface area contributed by atoms with Gasteiger partial charge in [-0.1, -0.05) is 30.3 Å². The number of amides is 3. The second-order valence-corrected chi connectivity index (χ2v) is 10.7. The van der Waals surface area contributed by atoms with E-state index in [1.54, 1.807) is 36.4 Å². The smallest absolute Gasteiger partial charge is 0.273 e. The molecule has 9 nitrogen and oxygen atoms in total. The SMILES string of the molecule is Cc1cc(C)cc(N(C(=O)c2snc(C(N)=O)c2N)[C@H](C(=O)NCc2ccc(F)cc2)c2ccc(N(C)C)cc2)c1. The highest BCUT2D eigenvalue weighted by molar-refractivity contribution is 7.09.